The molecule has 1 unspecified atom stereocenters. The van der Waals surface area contributed by atoms with Crippen LogP contribution in [0.2, 0.25) is 0 Å². The van der Waals surface area contributed by atoms with E-state index in [0.717, 1.165) is 31.0 Å². The van der Waals surface area contributed by atoms with Crippen molar-refractivity contribution >= 4 is 11.9 Å². The lowest BCUT2D eigenvalue weighted by atomic mass is 10.0. The van der Waals surface area contributed by atoms with E-state index in [-0.39, 0.29) is 18.1 Å². The summed E-state index contributed by atoms with van der Waals surface area (Å²) in [7, 11) is 1.75. The van der Waals surface area contributed by atoms with Gasteiger partial charge in [0, 0.05) is 39.3 Å². The highest BCUT2D eigenvalue weighted by atomic mass is 19.1. The van der Waals surface area contributed by atoms with Gasteiger partial charge in [-0.15, -0.1) is 0 Å². The molecule has 156 valence electrons. The molecule has 1 aliphatic rings. The third-order valence-electron chi connectivity index (χ3n) is 5.10. The molecule has 0 aliphatic carbocycles. The van der Waals surface area contributed by atoms with Crippen molar-refractivity contribution in [2.45, 2.75) is 45.1 Å². The standard InChI is InChI=1S/C21H34FN5O/c1-17-6-3-4-14-27(17)15-5-11-25-21(23-2)26-13-12-24-20(28)16-18-7-9-19(22)10-8-18/h7-10,17H,3-6,11-16H2,1-2H3,(H,24,28)(H2,23,25,26). The summed E-state index contributed by atoms with van der Waals surface area (Å²) in [6.07, 6.45) is 5.31. The molecule has 7 heteroatoms. The van der Waals surface area contributed by atoms with Gasteiger partial charge in [-0.2, -0.15) is 0 Å². The second kappa shape index (κ2) is 12.3. The summed E-state index contributed by atoms with van der Waals surface area (Å²) in [4.78, 5) is 18.7. The van der Waals surface area contributed by atoms with Gasteiger partial charge in [-0.3, -0.25) is 9.79 Å². The van der Waals surface area contributed by atoms with Crippen LogP contribution in [-0.2, 0) is 11.2 Å². The van der Waals surface area contributed by atoms with Gasteiger partial charge in [-0.1, -0.05) is 18.6 Å². The van der Waals surface area contributed by atoms with E-state index in [0.29, 0.717) is 19.1 Å². The van der Waals surface area contributed by atoms with Crippen molar-refractivity contribution in [3.05, 3.63) is 35.6 Å². The predicted molar refractivity (Wildman–Crippen MR) is 112 cm³/mol. The number of hydrogen-bond donors (Lipinski definition) is 3. The van der Waals surface area contributed by atoms with Gasteiger partial charge in [0.1, 0.15) is 5.82 Å². The number of likely N-dealkylation sites (tertiary alicyclic amines) is 1. The second-order valence-electron chi connectivity index (χ2n) is 7.31. The van der Waals surface area contributed by atoms with E-state index in [1.165, 1.54) is 37.9 Å². The molecule has 2 rings (SSSR count). The van der Waals surface area contributed by atoms with Gasteiger partial charge in [-0.25, -0.2) is 4.39 Å². The topological polar surface area (TPSA) is 68.8 Å². The van der Waals surface area contributed by atoms with Crippen LogP contribution in [0.3, 0.4) is 0 Å². The SMILES string of the molecule is CN=C(NCCCN1CCCCC1C)NCCNC(=O)Cc1ccc(F)cc1. The van der Waals surface area contributed by atoms with Crippen LogP contribution >= 0.6 is 0 Å². The number of halogens is 1. The van der Waals surface area contributed by atoms with Crippen LogP contribution in [-0.4, -0.2) is 62.6 Å². The molecule has 0 saturated carbocycles. The van der Waals surface area contributed by atoms with Crippen LogP contribution < -0.4 is 16.0 Å². The molecule has 1 amide bonds. The van der Waals surface area contributed by atoms with Crippen LogP contribution in [0.1, 0.15) is 38.2 Å². The minimum Gasteiger partial charge on any atom is -0.356 e. The maximum atomic E-state index is 12.9. The summed E-state index contributed by atoms with van der Waals surface area (Å²) in [6.45, 7) is 6.62. The van der Waals surface area contributed by atoms with Crippen molar-refractivity contribution in [1.82, 2.24) is 20.9 Å². The molecule has 0 radical (unpaired) electrons. The highest BCUT2D eigenvalue weighted by Crippen LogP contribution is 2.15. The lowest BCUT2D eigenvalue weighted by molar-refractivity contribution is -0.120. The van der Waals surface area contributed by atoms with Gasteiger partial charge in [0.05, 0.1) is 6.42 Å². The first-order chi connectivity index (χ1) is 13.6. The van der Waals surface area contributed by atoms with E-state index in [1.807, 2.05) is 0 Å². The van der Waals surface area contributed by atoms with Crippen molar-refractivity contribution in [2.75, 3.05) is 39.8 Å². The molecule has 0 spiro atoms. The maximum Gasteiger partial charge on any atom is 0.224 e. The zero-order valence-corrected chi connectivity index (χ0v) is 17.1. The summed E-state index contributed by atoms with van der Waals surface area (Å²) < 4.78 is 12.9. The first kappa shape index (κ1) is 22.1. The second-order valence-corrected chi connectivity index (χ2v) is 7.31. The van der Waals surface area contributed by atoms with Gasteiger partial charge in [-0.05, 0) is 50.4 Å². The number of hydrogen-bond acceptors (Lipinski definition) is 3. The third kappa shape index (κ3) is 8.25. The Kier molecular flexibility index (Phi) is 9.76. The molecule has 28 heavy (non-hydrogen) atoms. The van der Waals surface area contributed by atoms with Crippen LogP contribution in [0.4, 0.5) is 4.39 Å². The van der Waals surface area contributed by atoms with Gasteiger partial charge < -0.3 is 20.9 Å². The minimum absolute atomic E-state index is 0.0768. The monoisotopic (exact) mass is 391 g/mol. The van der Waals surface area contributed by atoms with Crippen LogP contribution in [0.15, 0.2) is 29.3 Å². The van der Waals surface area contributed by atoms with Gasteiger partial charge in [0.15, 0.2) is 5.96 Å². The van der Waals surface area contributed by atoms with E-state index < -0.39 is 0 Å². The van der Waals surface area contributed by atoms with Crippen molar-refractivity contribution in [1.29, 1.82) is 0 Å². The van der Waals surface area contributed by atoms with Crippen molar-refractivity contribution < 1.29 is 9.18 Å². The summed E-state index contributed by atoms with van der Waals surface area (Å²) in [6, 6.07) is 6.69. The summed E-state index contributed by atoms with van der Waals surface area (Å²) in [5.74, 6) is 0.379. The smallest absolute Gasteiger partial charge is 0.224 e. The summed E-state index contributed by atoms with van der Waals surface area (Å²) in [5, 5.41) is 9.38. The predicted octanol–water partition coefficient (Wildman–Crippen LogP) is 1.91. The Hall–Kier alpha value is -2.15. The highest BCUT2D eigenvalue weighted by molar-refractivity contribution is 5.80. The molecule has 1 aliphatic heterocycles. The van der Waals surface area contributed by atoms with Crippen LogP contribution in [0, 0.1) is 5.82 Å². The minimum atomic E-state index is -0.294. The van der Waals surface area contributed by atoms with Gasteiger partial charge in [0.25, 0.3) is 0 Å². The molecular weight excluding hydrogens is 357 g/mol. The molecule has 1 saturated heterocycles. The summed E-state index contributed by atoms with van der Waals surface area (Å²) >= 11 is 0. The number of aliphatic imine (C=N–C) groups is 1. The Morgan fingerprint density at radius 2 is 1.86 bits per heavy atom. The summed E-state index contributed by atoms with van der Waals surface area (Å²) in [5.41, 5.74) is 0.798. The Labute approximate surface area is 168 Å². The van der Waals surface area contributed by atoms with Crippen molar-refractivity contribution in [3.8, 4) is 0 Å². The number of carbonyl (C=O) groups excluding carboxylic acids is 1. The van der Waals surface area contributed by atoms with Crippen molar-refractivity contribution in [3.63, 3.8) is 0 Å². The Balaban J connectivity index is 1.54. The Morgan fingerprint density at radius 3 is 2.57 bits per heavy atom. The average molecular weight is 392 g/mol. The third-order valence-corrected chi connectivity index (χ3v) is 5.10. The first-order valence-corrected chi connectivity index (χ1v) is 10.3. The average Bonchev–Trinajstić information content (AvgIpc) is 2.69. The number of benzene rings is 1. The number of guanidine groups is 1. The van der Waals surface area contributed by atoms with E-state index >= 15 is 0 Å². The molecule has 1 fully saturated rings. The van der Waals surface area contributed by atoms with E-state index in [2.05, 4.69) is 32.8 Å². The van der Waals surface area contributed by atoms with Crippen molar-refractivity contribution in [2.24, 2.45) is 4.99 Å². The maximum absolute atomic E-state index is 12.9. The molecule has 1 atom stereocenters. The molecule has 1 aromatic rings. The van der Waals surface area contributed by atoms with Gasteiger partial charge in [0.2, 0.25) is 5.91 Å². The highest BCUT2D eigenvalue weighted by Gasteiger charge is 2.17. The lowest BCUT2D eigenvalue weighted by Crippen LogP contribution is -2.43. The molecule has 1 heterocycles. The normalized spacial score (nSPS) is 18.0. The van der Waals surface area contributed by atoms with E-state index in [9.17, 15) is 9.18 Å². The molecule has 6 nitrogen and oxygen atoms in total. The number of nitrogens with one attached hydrogen (secondary N) is 3. The first-order valence-electron chi connectivity index (χ1n) is 10.3. The largest absolute Gasteiger partial charge is 0.356 e. The number of rotatable bonds is 9. The molecule has 0 aromatic heterocycles. The fraction of sp³-hybridized carbons (Fsp3) is 0.619. The molecule has 0 bridgehead atoms. The van der Waals surface area contributed by atoms with Crippen LogP contribution in [0.5, 0.6) is 0 Å². The Morgan fingerprint density at radius 1 is 1.14 bits per heavy atom. The molecular formula is C21H34FN5O. The number of nitrogens with zero attached hydrogens (tertiary/aromatic N) is 2. The molecule has 3 N–H and O–H groups in total. The zero-order valence-electron chi connectivity index (χ0n) is 17.1. The van der Waals surface area contributed by atoms with Crippen LogP contribution in [0.25, 0.3) is 0 Å². The zero-order chi connectivity index (χ0) is 20.2. The number of amides is 1. The van der Waals surface area contributed by atoms with E-state index in [4.69, 9.17) is 0 Å². The number of carbonyl (C=O) groups is 1. The quantitative estimate of drug-likeness (QED) is 0.342. The lowest BCUT2D eigenvalue weighted by Gasteiger charge is -2.33. The fourth-order valence-corrected chi connectivity index (χ4v) is 3.43. The Bertz CT molecular complexity index is 620. The fourth-order valence-electron chi connectivity index (χ4n) is 3.43. The van der Waals surface area contributed by atoms with Gasteiger partial charge >= 0.3 is 0 Å². The molecule has 1 aromatic carbocycles. The van der Waals surface area contributed by atoms with E-state index in [1.54, 1.807) is 19.2 Å². The number of piperidine rings is 1.